The molecule has 0 aliphatic heterocycles. The predicted octanol–water partition coefficient (Wildman–Crippen LogP) is 5.58. The van der Waals surface area contributed by atoms with Crippen molar-refractivity contribution in [2.75, 3.05) is 0 Å². The summed E-state index contributed by atoms with van der Waals surface area (Å²) in [5.74, 6) is 0. The summed E-state index contributed by atoms with van der Waals surface area (Å²) < 4.78 is 0. The van der Waals surface area contributed by atoms with Gasteiger partial charge in [-0.2, -0.15) is 0 Å². The van der Waals surface area contributed by atoms with Crippen LogP contribution in [0.3, 0.4) is 0 Å². The van der Waals surface area contributed by atoms with E-state index in [2.05, 4.69) is 72.8 Å². The molecule has 1 aliphatic rings. The quantitative estimate of drug-likeness (QED) is 0.342. The number of rotatable bonds is 0. The van der Waals surface area contributed by atoms with Gasteiger partial charge >= 0.3 is 0 Å². The normalized spacial score (nSPS) is 12.2. The van der Waals surface area contributed by atoms with Crippen LogP contribution >= 0.6 is 0 Å². The highest BCUT2D eigenvalue weighted by Gasteiger charge is 2.24. The summed E-state index contributed by atoms with van der Waals surface area (Å²) in [5.41, 5.74) is 6.31. The van der Waals surface area contributed by atoms with Crippen LogP contribution < -0.4 is 0 Å². The Morgan fingerprint density at radius 3 is 1.54 bits per heavy atom. The fourth-order valence-electron chi connectivity index (χ4n) is 3.85. The van der Waals surface area contributed by atoms with Gasteiger partial charge in [0, 0.05) is 16.5 Å². The Morgan fingerprint density at radius 1 is 0.500 bits per heavy atom. The van der Waals surface area contributed by atoms with Gasteiger partial charge in [0.05, 0.1) is 22.4 Å². The van der Waals surface area contributed by atoms with Crippen molar-refractivity contribution in [1.29, 1.82) is 0 Å². The van der Waals surface area contributed by atoms with Crippen LogP contribution in [0, 0.1) is 0 Å². The molecule has 0 fully saturated rings. The fourth-order valence-corrected chi connectivity index (χ4v) is 3.85. The molecule has 0 radical (unpaired) electrons. The van der Waals surface area contributed by atoms with Gasteiger partial charge in [0.25, 0.3) is 0 Å². The smallest absolute Gasteiger partial charge is 0.0979 e. The van der Waals surface area contributed by atoms with Crippen LogP contribution in [0.1, 0.15) is 0 Å². The molecule has 2 nitrogen and oxygen atoms in total. The first-order valence-corrected chi connectivity index (χ1v) is 8.11. The molecule has 0 atom stereocenters. The molecule has 6 rings (SSSR count). The first kappa shape index (κ1) is 12.2. The maximum Gasteiger partial charge on any atom is 0.0979 e. The standard InChI is InChI=1S/C22H12N2/c1-2-6-15-12-19-18(11-14(15)5-1)23-21-16-9-3-7-13-8-4-10-17(20(13)16)22(21)24-19/h1-12H. The van der Waals surface area contributed by atoms with Crippen LogP contribution in [0.25, 0.3) is 55.1 Å². The largest absolute Gasteiger partial charge is 0.244 e. The van der Waals surface area contributed by atoms with E-state index in [0.29, 0.717) is 0 Å². The van der Waals surface area contributed by atoms with Crippen molar-refractivity contribution in [2.45, 2.75) is 0 Å². The van der Waals surface area contributed by atoms with Crippen molar-refractivity contribution in [3.8, 4) is 22.5 Å². The van der Waals surface area contributed by atoms with E-state index in [1.54, 1.807) is 0 Å². The average molecular weight is 304 g/mol. The fraction of sp³-hybridized carbons (Fsp3) is 0. The van der Waals surface area contributed by atoms with Crippen LogP contribution in [0.4, 0.5) is 0 Å². The lowest BCUT2D eigenvalue weighted by atomic mass is 10.0. The van der Waals surface area contributed by atoms with E-state index in [4.69, 9.17) is 9.97 Å². The molecule has 0 N–H and O–H groups in total. The molecule has 110 valence electrons. The van der Waals surface area contributed by atoms with Crippen molar-refractivity contribution in [3.05, 3.63) is 72.8 Å². The van der Waals surface area contributed by atoms with E-state index in [1.807, 2.05) is 0 Å². The van der Waals surface area contributed by atoms with E-state index in [0.717, 1.165) is 22.4 Å². The Bertz CT molecular complexity index is 1210. The molecule has 1 aromatic heterocycles. The lowest BCUT2D eigenvalue weighted by molar-refractivity contribution is 1.32. The van der Waals surface area contributed by atoms with Crippen molar-refractivity contribution >= 4 is 32.6 Å². The number of nitrogens with zero attached hydrogens (tertiary/aromatic N) is 2. The van der Waals surface area contributed by atoms with Crippen molar-refractivity contribution in [1.82, 2.24) is 9.97 Å². The second-order valence-corrected chi connectivity index (χ2v) is 6.32. The molecule has 0 bridgehead atoms. The van der Waals surface area contributed by atoms with Crippen LogP contribution in [-0.4, -0.2) is 9.97 Å². The summed E-state index contributed by atoms with van der Waals surface area (Å²) in [6.07, 6.45) is 0. The van der Waals surface area contributed by atoms with Gasteiger partial charge in [-0.05, 0) is 28.3 Å². The zero-order valence-corrected chi connectivity index (χ0v) is 12.8. The van der Waals surface area contributed by atoms with Crippen LogP contribution in [0.15, 0.2) is 72.8 Å². The second kappa shape index (κ2) is 4.18. The third kappa shape index (κ3) is 1.45. The molecule has 1 aliphatic carbocycles. The van der Waals surface area contributed by atoms with Crippen LogP contribution in [0.5, 0.6) is 0 Å². The molecule has 2 heteroatoms. The topological polar surface area (TPSA) is 25.8 Å². The van der Waals surface area contributed by atoms with Crippen molar-refractivity contribution < 1.29 is 0 Å². The minimum absolute atomic E-state index is 0.956. The Balaban J connectivity index is 1.79. The molecule has 5 aromatic rings. The van der Waals surface area contributed by atoms with Gasteiger partial charge in [-0.15, -0.1) is 0 Å². The summed E-state index contributed by atoms with van der Waals surface area (Å²) in [7, 11) is 0. The molecule has 0 saturated carbocycles. The minimum atomic E-state index is 0.956. The maximum atomic E-state index is 4.98. The summed E-state index contributed by atoms with van der Waals surface area (Å²) in [4.78, 5) is 9.97. The highest BCUT2D eigenvalue weighted by atomic mass is 14.8. The molecule has 0 saturated heterocycles. The summed E-state index contributed by atoms with van der Waals surface area (Å²) in [6, 6.07) is 25.5. The first-order valence-electron chi connectivity index (χ1n) is 8.11. The van der Waals surface area contributed by atoms with E-state index >= 15 is 0 Å². The lowest BCUT2D eigenvalue weighted by Gasteiger charge is -2.05. The molecule has 1 heterocycles. The van der Waals surface area contributed by atoms with Gasteiger partial charge < -0.3 is 0 Å². The molecular formula is C22H12N2. The van der Waals surface area contributed by atoms with Gasteiger partial charge in [-0.3, -0.25) is 0 Å². The Kier molecular flexibility index (Phi) is 2.12. The summed E-state index contributed by atoms with van der Waals surface area (Å²) in [6.45, 7) is 0. The minimum Gasteiger partial charge on any atom is -0.244 e. The van der Waals surface area contributed by atoms with Crippen LogP contribution in [0.2, 0.25) is 0 Å². The van der Waals surface area contributed by atoms with E-state index in [-0.39, 0.29) is 0 Å². The molecule has 0 spiro atoms. The van der Waals surface area contributed by atoms with Gasteiger partial charge in [0.2, 0.25) is 0 Å². The maximum absolute atomic E-state index is 4.98. The van der Waals surface area contributed by atoms with Gasteiger partial charge in [0.1, 0.15) is 0 Å². The van der Waals surface area contributed by atoms with Crippen molar-refractivity contribution in [3.63, 3.8) is 0 Å². The van der Waals surface area contributed by atoms with Gasteiger partial charge in [-0.1, -0.05) is 60.7 Å². The number of fused-ring (bicyclic) bond motifs is 5. The van der Waals surface area contributed by atoms with Crippen LogP contribution in [-0.2, 0) is 0 Å². The zero-order valence-electron chi connectivity index (χ0n) is 12.8. The highest BCUT2D eigenvalue weighted by Crippen LogP contribution is 2.45. The number of benzene rings is 4. The number of aromatic nitrogens is 2. The number of hydrogen-bond donors (Lipinski definition) is 0. The monoisotopic (exact) mass is 304 g/mol. The zero-order chi connectivity index (χ0) is 15.7. The summed E-state index contributed by atoms with van der Waals surface area (Å²) >= 11 is 0. The van der Waals surface area contributed by atoms with Crippen molar-refractivity contribution in [2.24, 2.45) is 0 Å². The molecule has 24 heavy (non-hydrogen) atoms. The number of hydrogen-bond acceptors (Lipinski definition) is 2. The second-order valence-electron chi connectivity index (χ2n) is 6.32. The van der Waals surface area contributed by atoms with Gasteiger partial charge in [0.15, 0.2) is 0 Å². The molecule has 4 aromatic carbocycles. The van der Waals surface area contributed by atoms with E-state index in [1.165, 1.54) is 32.7 Å². The lowest BCUT2D eigenvalue weighted by Crippen LogP contribution is -1.90. The first-order chi connectivity index (χ1) is 11.9. The highest BCUT2D eigenvalue weighted by molar-refractivity contribution is 6.14. The third-order valence-corrected chi connectivity index (χ3v) is 4.95. The average Bonchev–Trinajstić information content (AvgIpc) is 2.94. The summed E-state index contributed by atoms with van der Waals surface area (Å²) in [5, 5.41) is 4.93. The Morgan fingerprint density at radius 2 is 1.00 bits per heavy atom. The third-order valence-electron chi connectivity index (χ3n) is 4.95. The Hall–Kier alpha value is -3.26. The molecular weight excluding hydrogens is 292 g/mol. The van der Waals surface area contributed by atoms with E-state index in [9.17, 15) is 0 Å². The molecule has 0 amide bonds. The predicted molar refractivity (Wildman–Crippen MR) is 99.0 cm³/mol. The van der Waals surface area contributed by atoms with Gasteiger partial charge in [-0.25, -0.2) is 9.97 Å². The Labute approximate surface area is 138 Å². The SMILES string of the molecule is c1ccc2cc3nc4c(nc3cc2c1)-c1cccc2cccc-4c12. The van der Waals surface area contributed by atoms with E-state index < -0.39 is 0 Å². The molecule has 0 unspecified atom stereocenters.